The minimum absolute atomic E-state index is 0.0724. The zero-order valence-electron chi connectivity index (χ0n) is 15.9. The van der Waals surface area contributed by atoms with Crippen molar-refractivity contribution >= 4 is 23.4 Å². The Balaban J connectivity index is 1.52. The lowest BCUT2D eigenvalue weighted by atomic mass is 10.1. The van der Waals surface area contributed by atoms with Crippen LogP contribution in [0.5, 0.6) is 5.75 Å². The molecule has 1 fully saturated rings. The van der Waals surface area contributed by atoms with Crippen molar-refractivity contribution in [3.63, 3.8) is 0 Å². The van der Waals surface area contributed by atoms with E-state index in [1.807, 2.05) is 29.2 Å². The zero-order valence-corrected chi connectivity index (χ0v) is 16.7. The van der Waals surface area contributed by atoms with Crippen LogP contribution in [0.2, 0.25) is 5.15 Å². The second-order valence-electron chi connectivity index (χ2n) is 6.74. The molecule has 1 aliphatic rings. The Morgan fingerprint density at radius 2 is 1.79 bits per heavy atom. The first-order valence-corrected chi connectivity index (χ1v) is 9.76. The fourth-order valence-corrected chi connectivity index (χ4v) is 3.46. The number of carbonyl (C=O) groups excluding carboxylic acids is 2. The van der Waals surface area contributed by atoms with Gasteiger partial charge in [0.25, 0.3) is 5.91 Å². The zero-order chi connectivity index (χ0) is 19.9. The molecule has 2 heterocycles. The van der Waals surface area contributed by atoms with Crippen LogP contribution in [0.15, 0.2) is 42.6 Å². The Bertz CT molecular complexity index is 826. The second-order valence-corrected chi connectivity index (χ2v) is 7.13. The third-order valence-corrected chi connectivity index (χ3v) is 5.10. The van der Waals surface area contributed by atoms with Crippen LogP contribution in [-0.2, 0) is 11.2 Å². The van der Waals surface area contributed by atoms with Crippen molar-refractivity contribution in [3.05, 3.63) is 58.9 Å². The molecular weight excluding hydrogens is 378 g/mol. The van der Waals surface area contributed by atoms with E-state index in [2.05, 4.69) is 4.98 Å². The predicted octanol–water partition coefficient (Wildman–Crippen LogP) is 3.05. The number of pyridine rings is 1. The number of aryl methyl sites for hydroxylation is 1. The third-order valence-electron chi connectivity index (χ3n) is 4.90. The van der Waals surface area contributed by atoms with Crippen molar-refractivity contribution in [2.45, 2.75) is 19.3 Å². The van der Waals surface area contributed by atoms with Gasteiger partial charge in [-0.2, -0.15) is 0 Å². The minimum atomic E-state index is -0.0724. The Hall–Kier alpha value is -2.60. The van der Waals surface area contributed by atoms with Gasteiger partial charge in [-0.05, 0) is 42.7 Å². The van der Waals surface area contributed by atoms with E-state index in [-0.39, 0.29) is 11.8 Å². The van der Waals surface area contributed by atoms with Crippen molar-refractivity contribution in [3.8, 4) is 5.75 Å². The number of hydrogen-bond acceptors (Lipinski definition) is 4. The highest BCUT2D eigenvalue weighted by Gasteiger charge is 2.23. The van der Waals surface area contributed by atoms with Crippen LogP contribution in [0.4, 0.5) is 0 Å². The maximum absolute atomic E-state index is 12.7. The van der Waals surface area contributed by atoms with E-state index < -0.39 is 0 Å². The summed E-state index contributed by atoms with van der Waals surface area (Å²) < 4.78 is 5.15. The quantitative estimate of drug-likeness (QED) is 0.722. The maximum Gasteiger partial charge on any atom is 0.254 e. The molecule has 148 valence electrons. The molecule has 0 atom stereocenters. The lowest BCUT2D eigenvalue weighted by Crippen LogP contribution is -2.37. The molecule has 0 unspecified atom stereocenters. The van der Waals surface area contributed by atoms with E-state index in [1.165, 1.54) is 6.20 Å². The van der Waals surface area contributed by atoms with Crippen LogP contribution in [0.25, 0.3) is 0 Å². The van der Waals surface area contributed by atoms with Gasteiger partial charge in [-0.15, -0.1) is 0 Å². The van der Waals surface area contributed by atoms with Gasteiger partial charge in [0.2, 0.25) is 5.91 Å². The summed E-state index contributed by atoms with van der Waals surface area (Å²) in [6.45, 7) is 2.36. The maximum atomic E-state index is 12.7. The second kappa shape index (κ2) is 9.55. The number of carbonyl (C=O) groups is 2. The highest BCUT2D eigenvalue weighted by atomic mass is 35.5. The molecule has 6 nitrogen and oxygen atoms in total. The van der Waals surface area contributed by atoms with E-state index >= 15 is 0 Å². The summed E-state index contributed by atoms with van der Waals surface area (Å²) in [5, 5.41) is 0.302. The number of hydrogen-bond donors (Lipinski definition) is 0. The summed E-state index contributed by atoms with van der Waals surface area (Å²) in [7, 11) is 1.63. The van der Waals surface area contributed by atoms with Crippen LogP contribution in [0, 0.1) is 0 Å². The molecule has 1 saturated heterocycles. The van der Waals surface area contributed by atoms with Crippen molar-refractivity contribution in [2.24, 2.45) is 0 Å². The molecule has 1 aromatic carbocycles. The van der Waals surface area contributed by atoms with Gasteiger partial charge in [-0.25, -0.2) is 4.98 Å². The lowest BCUT2D eigenvalue weighted by Gasteiger charge is -2.22. The number of methoxy groups -OCH3 is 1. The standard InChI is InChI=1S/C21H24ClN3O3/c1-28-18-6-3-16(4-7-18)5-8-20(26)24-11-2-12-25(14-13-24)21(27)17-9-10-23-19(22)15-17/h3-4,6-7,9-10,15H,2,5,8,11-14H2,1H3. The van der Waals surface area contributed by atoms with Gasteiger partial charge in [0.1, 0.15) is 10.9 Å². The van der Waals surface area contributed by atoms with Crippen LogP contribution in [-0.4, -0.2) is 59.9 Å². The van der Waals surface area contributed by atoms with Crippen molar-refractivity contribution in [1.29, 1.82) is 0 Å². The SMILES string of the molecule is COc1ccc(CCC(=O)N2CCCN(C(=O)c3ccnc(Cl)c3)CC2)cc1. The molecule has 0 spiro atoms. The van der Waals surface area contributed by atoms with Crippen molar-refractivity contribution in [1.82, 2.24) is 14.8 Å². The molecule has 1 aliphatic heterocycles. The topological polar surface area (TPSA) is 62.7 Å². The van der Waals surface area contributed by atoms with E-state index in [9.17, 15) is 9.59 Å². The molecule has 0 N–H and O–H groups in total. The summed E-state index contributed by atoms with van der Waals surface area (Å²) in [5.41, 5.74) is 1.63. The normalized spacial score (nSPS) is 14.5. The summed E-state index contributed by atoms with van der Waals surface area (Å²) in [4.78, 5) is 32.8. The van der Waals surface area contributed by atoms with Crippen molar-refractivity contribution in [2.75, 3.05) is 33.3 Å². The first kappa shape index (κ1) is 20.1. The fourth-order valence-electron chi connectivity index (χ4n) is 3.29. The number of nitrogens with zero attached hydrogens (tertiary/aromatic N) is 3. The molecule has 7 heteroatoms. The van der Waals surface area contributed by atoms with Gasteiger partial charge >= 0.3 is 0 Å². The summed E-state index contributed by atoms with van der Waals surface area (Å²) >= 11 is 5.89. The van der Waals surface area contributed by atoms with Gasteiger partial charge in [-0.1, -0.05) is 23.7 Å². The molecule has 2 amide bonds. The third kappa shape index (κ3) is 5.23. The van der Waals surface area contributed by atoms with E-state index in [4.69, 9.17) is 16.3 Å². The van der Waals surface area contributed by atoms with Crippen LogP contribution in [0.3, 0.4) is 0 Å². The largest absolute Gasteiger partial charge is 0.497 e. The van der Waals surface area contributed by atoms with Gasteiger partial charge in [0, 0.05) is 44.4 Å². The van der Waals surface area contributed by atoms with E-state index in [0.29, 0.717) is 49.7 Å². The van der Waals surface area contributed by atoms with Gasteiger partial charge in [-0.3, -0.25) is 9.59 Å². The average molecular weight is 402 g/mol. The highest BCUT2D eigenvalue weighted by Crippen LogP contribution is 2.15. The van der Waals surface area contributed by atoms with Gasteiger partial charge in [0.15, 0.2) is 0 Å². The molecule has 0 saturated carbocycles. The number of ether oxygens (including phenoxy) is 1. The van der Waals surface area contributed by atoms with Gasteiger partial charge < -0.3 is 14.5 Å². The monoisotopic (exact) mass is 401 g/mol. The molecule has 0 bridgehead atoms. The molecule has 0 radical (unpaired) electrons. The molecule has 3 rings (SSSR count). The molecule has 28 heavy (non-hydrogen) atoms. The van der Waals surface area contributed by atoms with E-state index in [1.54, 1.807) is 24.1 Å². The predicted molar refractivity (Wildman–Crippen MR) is 108 cm³/mol. The fraction of sp³-hybridized carbons (Fsp3) is 0.381. The molecular formula is C21H24ClN3O3. The Kier molecular flexibility index (Phi) is 6.87. The van der Waals surface area contributed by atoms with Gasteiger partial charge in [0.05, 0.1) is 7.11 Å². The lowest BCUT2D eigenvalue weighted by molar-refractivity contribution is -0.131. The number of aromatic nitrogens is 1. The highest BCUT2D eigenvalue weighted by molar-refractivity contribution is 6.29. The Labute approximate surface area is 170 Å². The number of halogens is 1. The Morgan fingerprint density at radius 3 is 2.50 bits per heavy atom. The number of benzene rings is 1. The number of rotatable bonds is 5. The molecule has 2 aromatic rings. The van der Waals surface area contributed by atoms with Crippen LogP contribution < -0.4 is 4.74 Å². The molecule has 0 aliphatic carbocycles. The van der Waals surface area contributed by atoms with Crippen molar-refractivity contribution < 1.29 is 14.3 Å². The smallest absolute Gasteiger partial charge is 0.254 e. The average Bonchev–Trinajstić information content (AvgIpc) is 2.98. The first-order chi connectivity index (χ1) is 13.6. The number of amides is 2. The Morgan fingerprint density at radius 1 is 1.07 bits per heavy atom. The minimum Gasteiger partial charge on any atom is -0.497 e. The summed E-state index contributed by atoms with van der Waals surface area (Å²) in [6.07, 6.45) is 3.44. The van der Waals surface area contributed by atoms with E-state index in [0.717, 1.165) is 17.7 Å². The molecule has 1 aromatic heterocycles. The van der Waals surface area contributed by atoms with Crippen LogP contribution >= 0.6 is 11.6 Å². The summed E-state index contributed by atoms with van der Waals surface area (Å²) in [5.74, 6) is 0.858. The first-order valence-electron chi connectivity index (χ1n) is 9.38. The van der Waals surface area contributed by atoms with Crippen LogP contribution in [0.1, 0.15) is 28.8 Å². The summed E-state index contributed by atoms with van der Waals surface area (Å²) in [6, 6.07) is 11.0.